The number of alkyl halides is 3. The molecule has 0 spiro atoms. The highest BCUT2D eigenvalue weighted by molar-refractivity contribution is 7.20. The van der Waals surface area contributed by atoms with Crippen molar-refractivity contribution in [3.8, 4) is 0 Å². The first-order valence-electron chi connectivity index (χ1n) is 12.0. The number of pyridine rings is 1. The van der Waals surface area contributed by atoms with Crippen molar-refractivity contribution in [2.45, 2.75) is 39.0 Å². The molecule has 0 unspecified atom stereocenters. The molecule has 4 aromatic rings. The number of amides is 1. The number of benzene rings is 1. The molecular weight excluding hydrogens is 519 g/mol. The smallest absolute Gasteiger partial charge is 0.408 e. The molecule has 1 aliphatic rings. The van der Waals surface area contributed by atoms with E-state index in [-0.39, 0.29) is 25.0 Å². The molecule has 0 radical (unpaired) electrons. The van der Waals surface area contributed by atoms with E-state index in [0.717, 1.165) is 27.1 Å². The van der Waals surface area contributed by atoms with E-state index in [4.69, 9.17) is 4.84 Å². The Bertz CT molecular complexity index is 1520. The van der Waals surface area contributed by atoms with Crippen LogP contribution in [-0.4, -0.2) is 38.7 Å². The number of halogens is 3. The summed E-state index contributed by atoms with van der Waals surface area (Å²) in [6.07, 6.45) is -2.38. The second-order valence-corrected chi connectivity index (χ2v) is 9.88. The number of anilines is 1. The van der Waals surface area contributed by atoms with Crippen LogP contribution in [0.25, 0.3) is 10.2 Å². The fourth-order valence-electron chi connectivity index (χ4n) is 4.34. The molecule has 0 fully saturated rings. The third-order valence-corrected chi connectivity index (χ3v) is 7.37. The Kier molecular flexibility index (Phi) is 6.82. The van der Waals surface area contributed by atoms with E-state index in [2.05, 4.69) is 15.3 Å². The van der Waals surface area contributed by atoms with Crippen LogP contribution in [0.5, 0.6) is 0 Å². The number of aromatic nitrogens is 3. The Morgan fingerprint density at radius 3 is 2.68 bits per heavy atom. The Morgan fingerprint density at radius 1 is 1.24 bits per heavy atom. The molecule has 1 N–H and O–H groups in total. The van der Waals surface area contributed by atoms with Crippen molar-refractivity contribution in [3.63, 3.8) is 0 Å². The van der Waals surface area contributed by atoms with Crippen LogP contribution in [0.1, 0.15) is 51.9 Å². The summed E-state index contributed by atoms with van der Waals surface area (Å²) < 4.78 is 39.8. The predicted molar refractivity (Wildman–Crippen MR) is 137 cm³/mol. The zero-order valence-corrected chi connectivity index (χ0v) is 21.4. The molecule has 4 heterocycles. The van der Waals surface area contributed by atoms with Crippen LogP contribution < -0.4 is 15.7 Å². The lowest BCUT2D eigenvalue weighted by Gasteiger charge is -2.29. The highest BCUT2D eigenvalue weighted by Gasteiger charge is 2.31. The molecule has 8 nitrogen and oxygen atoms in total. The molecule has 1 aliphatic heterocycles. The normalized spacial score (nSPS) is 14.3. The van der Waals surface area contributed by atoms with Crippen molar-refractivity contribution in [2.75, 3.05) is 18.5 Å². The molecule has 0 bridgehead atoms. The SMILES string of the molecule is CCOn1c(N[C@@H](C)c2ccc(C(F)(F)F)cc2)nc2c(c1=O)CN(C(=O)c1cc3cccnc3s1)CC2. The maximum absolute atomic E-state index is 13.4. The van der Waals surface area contributed by atoms with E-state index in [1.165, 1.54) is 23.5 Å². The highest BCUT2D eigenvalue weighted by atomic mass is 32.1. The Morgan fingerprint density at radius 2 is 2.00 bits per heavy atom. The van der Waals surface area contributed by atoms with Gasteiger partial charge in [0.25, 0.3) is 11.5 Å². The van der Waals surface area contributed by atoms with Crippen LogP contribution in [0.3, 0.4) is 0 Å². The van der Waals surface area contributed by atoms with E-state index in [1.54, 1.807) is 31.0 Å². The molecule has 3 aromatic heterocycles. The number of hydrogen-bond donors (Lipinski definition) is 1. The van der Waals surface area contributed by atoms with Crippen LogP contribution in [-0.2, 0) is 19.1 Å². The molecule has 1 amide bonds. The van der Waals surface area contributed by atoms with Crippen LogP contribution in [0.15, 0.2) is 53.5 Å². The Balaban J connectivity index is 1.40. The molecule has 0 saturated carbocycles. The lowest BCUT2D eigenvalue weighted by molar-refractivity contribution is -0.137. The Labute approximate surface area is 219 Å². The summed E-state index contributed by atoms with van der Waals surface area (Å²) in [5, 5.41) is 3.98. The number of hydrogen-bond acceptors (Lipinski definition) is 7. The monoisotopic (exact) mass is 543 g/mol. The second kappa shape index (κ2) is 10.1. The third-order valence-electron chi connectivity index (χ3n) is 6.33. The van der Waals surface area contributed by atoms with Gasteiger partial charge in [0.2, 0.25) is 5.95 Å². The molecule has 198 valence electrons. The second-order valence-electron chi connectivity index (χ2n) is 8.85. The molecule has 38 heavy (non-hydrogen) atoms. The summed E-state index contributed by atoms with van der Waals surface area (Å²) in [6, 6.07) is 9.85. The summed E-state index contributed by atoms with van der Waals surface area (Å²) >= 11 is 1.31. The standard InChI is InChI=1S/C26H24F3N5O3S/c1-3-37-34-23(35)19-14-33(24(36)21-13-17-5-4-11-30-22(17)38-21)12-10-20(19)32-25(34)31-15(2)16-6-8-18(9-7-16)26(27,28)29/h4-9,11,13,15H,3,10,12,14H2,1-2H3,(H,31,32)/t15-/m0/s1. The number of carbonyl (C=O) groups excluding carboxylic acids is 1. The first kappa shape index (κ1) is 25.7. The minimum atomic E-state index is -4.42. The van der Waals surface area contributed by atoms with Gasteiger partial charge in [-0.25, -0.2) is 9.97 Å². The summed E-state index contributed by atoms with van der Waals surface area (Å²) in [7, 11) is 0. The van der Waals surface area contributed by atoms with Gasteiger partial charge in [-0.2, -0.15) is 13.2 Å². The predicted octanol–water partition coefficient (Wildman–Crippen LogP) is 4.69. The fourth-order valence-corrected chi connectivity index (χ4v) is 5.31. The molecular formula is C26H24F3N5O3S. The average Bonchev–Trinajstić information content (AvgIpc) is 3.34. The van der Waals surface area contributed by atoms with Crippen molar-refractivity contribution in [3.05, 3.63) is 86.3 Å². The molecule has 1 atom stereocenters. The van der Waals surface area contributed by atoms with Crippen LogP contribution >= 0.6 is 11.3 Å². The lowest BCUT2D eigenvalue weighted by atomic mass is 10.1. The molecule has 5 rings (SSSR count). The van der Waals surface area contributed by atoms with Gasteiger partial charge in [-0.15, -0.1) is 16.1 Å². The van der Waals surface area contributed by atoms with Gasteiger partial charge in [-0.05, 0) is 43.7 Å². The number of rotatable bonds is 6. The highest BCUT2D eigenvalue weighted by Crippen LogP contribution is 2.31. The average molecular weight is 544 g/mol. The fraction of sp³-hybridized carbons (Fsp3) is 0.308. The van der Waals surface area contributed by atoms with Crippen LogP contribution in [0.2, 0.25) is 0 Å². The van der Waals surface area contributed by atoms with E-state index < -0.39 is 23.3 Å². The summed E-state index contributed by atoms with van der Waals surface area (Å²) in [5.41, 5.74) is 0.329. The number of thiophene rings is 1. The van der Waals surface area contributed by atoms with Gasteiger partial charge in [0.05, 0.1) is 34.3 Å². The van der Waals surface area contributed by atoms with Gasteiger partial charge >= 0.3 is 6.18 Å². The number of nitrogens with zero attached hydrogens (tertiary/aromatic N) is 4. The molecule has 0 aliphatic carbocycles. The molecule has 0 saturated heterocycles. The minimum Gasteiger partial charge on any atom is -0.408 e. The quantitative estimate of drug-likeness (QED) is 0.380. The first-order valence-corrected chi connectivity index (χ1v) is 12.8. The first-order chi connectivity index (χ1) is 18.2. The maximum atomic E-state index is 13.4. The van der Waals surface area contributed by atoms with E-state index in [0.29, 0.717) is 34.7 Å². The van der Waals surface area contributed by atoms with Crippen molar-refractivity contribution >= 4 is 33.4 Å². The van der Waals surface area contributed by atoms with Gasteiger partial charge < -0.3 is 15.1 Å². The maximum Gasteiger partial charge on any atom is 0.416 e. The largest absolute Gasteiger partial charge is 0.416 e. The number of nitrogens with one attached hydrogen (secondary N) is 1. The van der Waals surface area contributed by atoms with Gasteiger partial charge in [0.1, 0.15) is 11.4 Å². The van der Waals surface area contributed by atoms with Gasteiger partial charge in [-0.3, -0.25) is 9.59 Å². The van der Waals surface area contributed by atoms with Crippen LogP contribution in [0.4, 0.5) is 19.1 Å². The van der Waals surface area contributed by atoms with Crippen molar-refractivity contribution < 1.29 is 22.8 Å². The summed E-state index contributed by atoms with van der Waals surface area (Å²) in [4.78, 5) is 44.1. The van der Waals surface area contributed by atoms with E-state index in [9.17, 15) is 22.8 Å². The summed E-state index contributed by atoms with van der Waals surface area (Å²) in [6.45, 7) is 4.13. The Hall–Kier alpha value is -3.93. The molecule has 1 aromatic carbocycles. The zero-order valence-electron chi connectivity index (χ0n) is 20.6. The van der Waals surface area contributed by atoms with Crippen molar-refractivity contribution in [2.24, 2.45) is 0 Å². The molecule has 12 heteroatoms. The lowest BCUT2D eigenvalue weighted by Crippen LogP contribution is -2.42. The minimum absolute atomic E-state index is 0.0868. The van der Waals surface area contributed by atoms with Crippen molar-refractivity contribution in [1.82, 2.24) is 19.6 Å². The zero-order chi connectivity index (χ0) is 27.0. The number of fused-ring (bicyclic) bond motifs is 2. The van der Waals surface area contributed by atoms with E-state index in [1.807, 2.05) is 12.1 Å². The van der Waals surface area contributed by atoms with Gasteiger partial charge in [-0.1, -0.05) is 18.2 Å². The summed E-state index contributed by atoms with van der Waals surface area (Å²) in [5.74, 6) is -0.0301. The van der Waals surface area contributed by atoms with E-state index >= 15 is 0 Å². The topological polar surface area (TPSA) is 89.4 Å². The van der Waals surface area contributed by atoms with Gasteiger partial charge in [0.15, 0.2) is 0 Å². The third kappa shape index (κ3) is 4.95. The van der Waals surface area contributed by atoms with Crippen LogP contribution in [0, 0.1) is 0 Å². The van der Waals surface area contributed by atoms with Gasteiger partial charge in [0, 0.05) is 24.5 Å². The number of carbonyl (C=O) groups is 1. The van der Waals surface area contributed by atoms with Crippen molar-refractivity contribution in [1.29, 1.82) is 0 Å².